The summed E-state index contributed by atoms with van der Waals surface area (Å²) in [6.45, 7) is 6.68. The standard InChI is InChI=1S/C22H36N4O2/c1-4-18(5-2)21(28)26-15-12-19(13-16-26)25-22(23-3)24-14-6-7-17-8-10-20(27)11-9-17/h8-11,18-19,27H,4-7,12-16H2,1-3H3,(H2,23,24,25). The molecule has 0 spiro atoms. The van der Waals surface area contributed by atoms with Crippen LogP contribution in [0.4, 0.5) is 0 Å². The van der Waals surface area contributed by atoms with E-state index in [0.717, 1.165) is 64.1 Å². The molecule has 1 fully saturated rings. The van der Waals surface area contributed by atoms with Crippen molar-refractivity contribution in [3.05, 3.63) is 29.8 Å². The molecule has 0 radical (unpaired) electrons. The van der Waals surface area contributed by atoms with Crippen molar-refractivity contribution in [3.63, 3.8) is 0 Å². The predicted molar refractivity (Wildman–Crippen MR) is 115 cm³/mol. The number of amides is 1. The van der Waals surface area contributed by atoms with Crippen molar-refractivity contribution in [2.45, 2.75) is 58.4 Å². The highest BCUT2D eigenvalue weighted by Gasteiger charge is 2.26. The van der Waals surface area contributed by atoms with Crippen molar-refractivity contribution in [2.24, 2.45) is 10.9 Å². The summed E-state index contributed by atoms with van der Waals surface area (Å²) in [5.41, 5.74) is 1.22. The maximum Gasteiger partial charge on any atom is 0.225 e. The van der Waals surface area contributed by atoms with Crippen LogP contribution in [0.2, 0.25) is 0 Å². The van der Waals surface area contributed by atoms with E-state index >= 15 is 0 Å². The number of piperidine rings is 1. The van der Waals surface area contributed by atoms with Crippen molar-refractivity contribution in [1.82, 2.24) is 15.5 Å². The molecule has 1 amide bonds. The molecule has 28 heavy (non-hydrogen) atoms. The highest BCUT2D eigenvalue weighted by molar-refractivity contribution is 5.80. The Bertz CT molecular complexity index is 618. The van der Waals surface area contributed by atoms with Crippen molar-refractivity contribution in [3.8, 4) is 5.75 Å². The summed E-state index contributed by atoms with van der Waals surface area (Å²) < 4.78 is 0. The number of aliphatic imine (C=N–C) groups is 1. The lowest BCUT2D eigenvalue weighted by Crippen LogP contribution is -2.50. The third-order valence-corrected chi connectivity index (χ3v) is 5.58. The van der Waals surface area contributed by atoms with Crippen LogP contribution in [0, 0.1) is 5.92 Å². The number of nitrogens with zero attached hydrogens (tertiary/aromatic N) is 2. The monoisotopic (exact) mass is 388 g/mol. The van der Waals surface area contributed by atoms with Crippen molar-refractivity contribution in [2.75, 3.05) is 26.7 Å². The number of guanidine groups is 1. The van der Waals surface area contributed by atoms with Gasteiger partial charge < -0.3 is 20.6 Å². The van der Waals surface area contributed by atoms with Gasteiger partial charge in [0.15, 0.2) is 5.96 Å². The number of rotatable bonds is 8. The highest BCUT2D eigenvalue weighted by atomic mass is 16.3. The first-order chi connectivity index (χ1) is 13.6. The fraction of sp³-hybridized carbons (Fsp3) is 0.636. The third-order valence-electron chi connectivity index (χ3n) is 5.58. The molecule has 0 aliphatic carbocycles. The van der Waals surface area contributed by atoms with Crippen LogP contribution in [-0.4, -0.2) is 54.6 Å². The maximum absolute atomic E-state index is 12.5. The smallest absolute Gasteiger partial charge is 0.225 e. The molecule has 1 heterocycles. The Labute approximate surface area is 169 Å². The zero-order valence-electron chi connectivity index (χ0n) is 17.6. The van der Waals surface area contributed by atoms with Crippen molar-refractivity contribution < 1.29 is 9.90 Å². The number of likely N-dealkylation sites (tertiary alicyclic amines) is 1. The number of phenolic OH excluding ortho intramolecular Hbond substituents is 1. The van der Waals surface area contributed by atoms with E-state index in [1.54, 1.807) is 19.2 Å². The quantitative estimate of drug-likeness (QED) is 0.364. The third kappa shape index (κ3) is 6.73. The fourth-order valence-electron chi connectivity index (χ4n) is 3.69. The van der Waals surface area contributed by atoms with Crippen LogP contribution in [0.15, 0.2) is 29.3 Å². The summed E-state index contributed by atoms with van der Waals surface area (Å²) in [5.74, 6) is 1.63. The van der Waals surface area contributed by atoms with Crippen molar-refractivity contribution in [1.29, 1.82) is 0 Å². The second-order valence-electron chi connectivity index (χ2n) is 7.53. The van der Waals surface area contributed by atoms with Gasteiger partial charge in [-0.1, -0.05) is 26.0 Å². The average Bonchev–Trinajstić information content (AvgIpc) is 2.72. The summed E-state index contributed by atoms with van der Waals surface area (Å²) in [6, 6.07) is 7.72. The Hall–Kier alpha value is -2.24. The molecule has 6 nitrogen and oxygen atoms in total. The van der Waals surface area contributed by atoms with Gasteiger partial charge >= 0.3 is 0 Å². The number of aryl methyl sites for hydroxylation is 1. The molecule has 0 saturated carbocycles. The molecule has 1 aliphatic rings. The zero-order chi connectivity index (χ0) is 20.4. The Balaban J connectivity index is 1.68. The van der Waals surface area contributed by atoms with Crippen LogP contribution < -0.4 is 10.6 Å². The Kier molecular flexibility index (Phi) is 9.11. The van der Waals surface area contributed by atoms with Crippen LogP contribution in [0.5, 0.6) is 5.75 Å². The Morgan fingerprint density at radius 2 is 1.86 bits per heavy atom. The van der Waals surface area contributed by atoms with E-state index in [4.69, 9.17) is 0 Å². The molecule has 1 saturated heterocycles. The minimum atomic E-state index is 0.174. The fourth-order valence-corrected chi connectivity index (χ4v) is 3.69. The first-order valence-electron chi connectivity index (χ1n) is 10.6. The van der Waals surface area contributed by atoms with Gasteiger partial charge in [-0.3, -0.25) is 9.79 Å². The Morgan fingerprint density at radius 1 is 1.21 bits per heavy atom. The lowest BCUT2D eigenvalue weighted by molar-refractivity contribution is -0.136. The maximum atomic E-state index is 12.5. The van der Waals surface area contributed by atoms with Crippen LogP contribution >= 0.6 is 0 Å². The van der Waals surface area contributed by atoms with Crippen LogP contribution in [0.1, 0.15) is 51.5 Å². The van der Waals surface area contributed by atoms with Gasteiger partial charge in [-0.05, 0) is 56.2 Å². The lowest BCUT2D eigenvalue weighted by Gasteiger charge is -2.34. The summed E-state index contributed by atoms with van der Waals surface area (Å²) in [4.78, 5) is 18.9. The second kappa shape index (κ2) is 11.6. The van der Waals surface area contributed by atoms with Gasteiger partial charge in [0.2, 0.25) is 5.91 Å². The SMILES string of the molecule is CCC(CC)C(=O)N1CCC(NC(=NC)NCCCc2ccc(O)cc2)CC1. The molecule has 0 aromatic heterocycles. The summed E-state index contributed by atoms with van der Waals surface area (Å²) >= 11 is 0. The predicted octanol–water partition coefficient (Wildman–Crippen LogP) is 2.92. The minimum absolute atomic E-state index is 0.174. The number of hydrogen-bond acceptors (Lipinski definition) is 3. The molecule has 1 aliphatic heterocycles. The second-order valence-corrected chi connectivity index (χ2v) is 7.53. The Morgan fingerprint density at radius 3 is 2.43 bits per heavy atom. The van der Waals surface area contributed by atoms with Gasteiger partial charge in [0.05, 0.1) is 0 Å². The van der Waals surface area contributed by atoms with Gasteiger partial charge in [0.1, 0.15) is 5.75 Å². The number of carbonyl (C=O) groups is 1. The molecule has 3 N–H and O–H groups in total. The average molecular weight is 389 g/mol. The number of aromatic hydroxyl groups is 1. The number of carbonyl (C=O) groups excluding carboxylic acids is 1. The van der Waals surface area contributed by atoms with E-state index in [-0.39, 0.29) is 5.92 Å². The number of nitrogens with one attached hydrogen (secondary N) is 2. The molecule has 0 atom stereocenters. The van der Waals surface area contributed by atoms with Crippen molar-refractivity contribution >= 4 is 11.9 Å². The molecule has 6 heteroatoms. The van der Waals surface area contributed by atoms with E-state index in [1.807, 2.05) is 17.0 Å². The van der Waals surface area contributed by atoms with E-state index in [0.29, 0.717) is 17.7 Å². The molecule has 1 aromatic rings. The van der Waals surface area contributed by atoms with E-state index in [9.17, 15) is 9.90 Å². The largest absolute Gasteiger partial charge is 0.508 e. The van der Waals surface area contributed by atoms with Gasteiger partial charge in [0.25, 0.3) is 0 Å². The number of phenols is 1. The first kappa shape index (κ1) is 22.1. The normalized spacial score (nSPS) is 15.7. The highest BCUT2D eigenvalue weighted by Crippen LogP contribution is 2.17. The van der Waals surface area contributed by atoms with E-state index < -0.39 is 0 Å². The lowest BCUT2D eigenvalue weighted by atomic mass is 9.98. The van der Waals surface area contributed by atoms with Gasteiger partial charge in [-0.2, -0.15) is 0 Å². The van der Waals surface area contributed by atoms with Crippen LogP contribution in [0.3, 0.4) is 0 Å². The number of hydrogen-bond donors (Lipinski definition) is 3. The molecule has 0 bridgehead atoms. The minimum Gasteiger partial charge on any atom is -0.508 e. The van der Waals surface area contributed by atoms with Gasteiger partial charge in [-0.25, -0.2) is 0 Å². The van der Waals surface area contributed by atoms with E-state index in [1.165, 1.54) is 5.56 Å². The summed E-state index contributed by atoms with van der Waals surface area (Å²) in [7, 11) is 1.79. The molecule has 1 aromatic carbocycles. The number of benzene rings is 1. The molecule has 156 valence electrons. The van der Waals surface area contributed by atoms with Gasteiger partial charge in [-0.15, -0.1) is 0 Å². The molecular formula is C22H36N4O2. The summed E-state index contributed by atoms with van der Waals surface area (Å²) in [6.07, 6.45) is 5.72. The molecular weight excluding hydrogens is 352 g/mol. The first-order valence-corrected chi connectivity index (χ1v) is 10.6. The molecule has 0 unspecified atom stereocenters. The summed E-state index contributed by atoms with van der Waals surface area (Å²) in [5, 5.41) is 16.2. The van der Waals surface area contributed by atoms with Crippen LogP contribution in [-0.2, 0) is 11.2 Å². The topological polar surface area (TPSA) is 77.0 Å². The molecule has 2 rings (SSSR count). The zero-order valence-corrected chi connectivity index (χ0v) is 17.6. The van der Waals surface area contributed by atoms with E-state index in [2.05, 4.69) is 29.5 Å². The van der Waals surface area contributed by atoms with Gasteiger partial charge in [0, 0.05) is 38.6 Å². The van der Waals surface area contributed by atoms with Crippen LogP contribution in [0.25, 0.3) is 0 Å².